The van der Waals surface area contributed by atoms with Gasteiger partial charge in [0.25, 0.3) is 0 Å². The molecule has 1 aliphatic heterocycles. The van der Waals surface area contributed by atoms with Crippen LogP contribution in [0.3, 0.4) is 0 Å². The first-order chi connectivity index (χ1) is 15.6. The highest BCUT2D eigenvalue weighted by Gasteiger charge is 2.31. The van der Waals surface area contributed by atoms with Crippen LogP contribution < -0.4 is 15.0 Å². The number of nitrogens with zero attached hydrogens (tertiary/aromatic N) is 5. The van der Waals surface area contributed by atoms with Gasteiger partial charge in [-0.25, -0.2) is 0 Å². The van der Waals surface area contributed by atoms with Crippen molar-refractivity contribution in [2.75, 3.05) is 23.3 Å². The van der Waals surface area contributed by atoms with Crippen molar-refractivity contribution in [2.45, 2.75) is 32.4 Å². The molecule has 2 aromatic heterocycles. The lowest BCUT2D eigenvalue weighted by Gasteiger charge is -2.35. The molecule has 4 rings (SSSR count). The summed E-state index contributed by atoms with van der Waals surface area (Å²) in [5.41, 5.74) is 1.17. The number of alkyl halides is 3. The van der Waals surface area contributed by atoms with Crippen LogP contribution in [-0.2, 0) is 4.74 Å². The summed E-state index contributed by atoms with van der Waals surface area (Å²) in [7, 11) is 0. The van der Waals surface area contributed by atoms with Gasteiger partial charge in [0.2, 0.25) is 11.9 Å². The van der Waals surface area contributed by atoms with Crippen LogP contribution in [0, 0.1) is 5.95 Å². The molecule has 3 aromatic rings. The molecule has 174 valence electrons. The summed E-state index contributed by atoms with van der Waals surface area (Å²) < 4.78 is 60.8. The van der Waals surface area contributed by atoms with Gasteiger partial charge in [-0.15, -0.1) is 18.3 Å². The van der Waals surface area contributed by atoms with E-state index < -0.39 is 12.3 Å². The molecule has 3 heterocycles. The minimum Gasteiger partial charge on any atom is -0.406 e. The third-order valence-corrected chi connectivity index (χ3v) is 4.72. The van der Waals surface area contributed by atoms with E-state index in [1.165, 1.54) is 30.5 Å². The van der Waals surface area contributed by atoms with Gasteiger partial charge in [-0.1, -0.05) is 12.1 Å². The number of benzene rings is 1. The zero-order chi connectivity index (χ0) is 23.6. The predicted molar refractivity (Wildman–Crippen MR) is 112 cm³/mol. The van der Waals surface area contributed by atoms with Crippen molar-refractivity contribution in [2.24, 2.45) is 0 Å². The number of hydrogen-bond donors (Lipinski definition) is 1. The summed E-state index contributed by atoms with van der Waals surface area (Å²) in [6.07, 6.45) is -3.41. The maximum absolute atomic E-state index is 14.2. The largest absolute Gasteiger partial charge is 0.573 e. The number of anilines is 3. The van der Waals surface area contributed by atoms with Gasteiger partial charge in [0, 0.05) is 24.7 Å². The molecule has 2 atom stereocenters. The lowest BCUT2D eigenvalue weighted by atomic mass is 10.1. The molecule has 1 aromatic carbocycles. The molecule has 0 bridgehead atoms. The Labute approximate surface area is 186 Å². The molecule has 1 fully saturated rings. The van der Waals surface area contributed by atoms with Crippen LogP contribution in [0.2, 0.25) is 0 Å². The Morgan fingerprint density at radius 1 is 1.00 bits per heavy atom. The SMILES string of the molecule is C[C@@H]1CN(c2nc(F)cc(Nc3cc(-c4ccc(OC(F)(F)F)cc4)cnn3)n2)C[C@H](C)O1. The number of aromatic nitrogens is 4. The van der Waals surface area contributed by atoms with E-state index in [1.54, 1.807) is 6.07 Å². The fourth-order valence-electron chi connectivity index (χ4n) is 3.52. The van der Waals surface area contributed by atoms with Crippen molar-refractivity contribution >= 4 is 17.6 Å². The molecule has 1 saturated heterocycles. The lowest BCUT2D eigenvalue weighted by Crippen LogP contribution is -2.46. The number of morpholine rings is 1. The quantitative estimate of drug-likeness (QED) is 0.441. The van der Waals surface area contributed by atoms with E-state index in [-0.39, 0.29) is 35.5 Å². The average molecular weight is 464 g/mol. The molecule has 12 heteroatoms. The molecule has 0 amide bonds. The van der Waals surface area contributed by atoms with Crippen molar-refractivity contribution in [3.05, 3.63) is 48.5 Å². The van der Waals surface area contributed by atoms with Crippen LogP contribution in [0.1, 0.15) is 13.8 Å². The van der Waals surface area contributed by atoms with Gasteiger partial charge < -0.3 is 19.7 Å². The van der Waals surface area contributed by atoms with Gasteiger partial charge in [0.15, 0.2) is 5.82 Å². The Morgan fingerprint density at radius 3 is 2.36 bits per heavy atom. The summed E-state index contributed by atoms with van der Waals surface area (Å²) >= 11 is 0. The molecule has 33 heavy (non-hydrogen) atoms. The van der Waals surface area contributed by atoms with E-state index in [0.29, 0.717) is 24.2 Å². The standard InChI is InChI=1S/C21H20F4N6O2/c1-12-10-31(11-13(2)32-12)20-27-17(22)8-18(29-20)28-19-7-15(9-26-30-19)14-3-5-16(6-4-14)33-21(23,24)25/h3-9,12-13H,10-11H2,1-2H3,(H,27,28,29,30)/t12-,13+. The highest BCUT2D eigenvalue weighted by atomic mass is 19.4. The normalized spacial score (nSPS) is 18.8. The second-order valence-electron chi connectivity index (χ2n) is 7.56. The van der Waals surface area contributed by atoms with Gasteiger partial charge >= 0.3 is 6.36 Å². The minimum absolute atomic E-state index is 0.0486. The molecule has 1 aliphatic rings. The van der Waals surface area contributed by atoms with Crippen molar-refractivity contribution in [3.8, 4) is 16.9 Å². The van der Waals surface area contributed by atoms with Crippen LogP contribution in [0.5, 0.6) is 5.75 Å². The second-order valence-corrected chi connectivity index (χ2v) is 7.56. The maximum atomic E-state index is 14.2. The van der Waals surface area contributed by atoms with E-state index in [0.717, 1.165) is 6.07 Å². The Bertz CT molecular complexity index is 1100. The summed E-state index contributed by atoms with van der Waals surface area (Å²) in [5.74, 6) is -0.356. The highest BCUT2D eigenvalue weighted by molar-refractivity contribution is 5.67. The van der Waals surface area contributed by atoms with E-state index in [1.807, 2.05) is 18.7 Å². The summed E-state index contributed by atoms with van der Waals surface area (Å²) in [6, 6.07) is 8.08. The Kier molecular flexibility index (Phi) is 6.27. The van der Waals surface area contributed by atoms with Crippen molar-refractivity contribution in [1.82, 2.24) is 20.2 Å². The molecule has 0 saturated carbocycles. The highest BCUT2D eigenvalue weighted by Crippen LogP contribution is 2.27. The first-order valence-corrected chi connectivity index (χ1v) is 10.1. The molecule has 1 N–H and O–H groups in total. The summed E-state index contributed by atoms with van der Waals surface area (Å²) in [4.78, 5) is 10.1. The van der Waals surface area contributed by atoms with E-state index in [9.17, 15) is 17.6 Å². The fourth-order valence-corrected chi connectivity index (χ4v) is 3.52. The number of hydrogen-bond acceptors (Lipinski definition) is 8. The van der Waals surface area contributed by atoms with Gasteiger partial charge in [0.05, 0.1) is 18.4 Å². The van der Waals surface area contributed by atoms with E-state index >= 15 is 0 Å². The van der Waals surface area contributed by atoms with Gasteiger partial charge in [-0.3, -0.25) is 0 Å². The van der Waals surface area contributed by atoms with Gasteiger partial charge in [-0.2, -0.15) is 19.5 Å². The lowest BCUT2D eigenvalue weighted by molar-refractivity contribution is -0.274. The molecule has 0 radical (unpaired) electrons. The van der Waals surface area contributed by atoms with Gasteiger partial charge in [-0.05, 0) is 37.6 Å². The summed E-state index contributed by atoms with van der Waals surface area (Å²) in [6.45, 7) is 4.89. The Hall–Kier alpha value is -3.54. The molecule has 0 aliphatic carbocycles. The van der Waals surface area contributed by atoms with E-state index in [2.05, 4.69) is 30.2 Å². The van der Waals surface area contributed by atoms with Crippen molar-refractivity contribution < 1.29 is 27.0 Å². The number of rotatable bonds is 5. The topological polar surface area (TPSA) is 85.3 Å². The smallest absolute Gasteiger partial charge is 0.406 e. The predicted octanol–water partition coefficient (Wildman–Crippen LogP) is 4.33. The maximum Gasteiger partial charge on any atom is 0.573 e. The number of ether oxygens (including phenoxy) is 2. The molecule has 0 unspecified atom stereocenters. The zero-order valence-electron chi connectivity index (χ0n) is 17.7. The van der Waals surface area contributed by atoms with Crippen LogP contribution in [0.4, 0.5) is 35.1 Å². The first kappa shape index (κ1) is 22.6. The monoisotopic (exact) mass is 464 g/mol. The van der Waals surface area contributed by atoms with Crippen LogP contribution in [0.15, 0.2) is 42.6 Å². The molecule has 8 nitrogen and oxygen atoms in total. The van der Waals surface area contributed by atoms with Gasteiger partial charge in [0.1, 0.15) is 11.6 Å². The average Bonchev–Trinajstić information content (AvgIpc) is 2.72. The fraction of sp³-hybridized carbons (Fsp3) is 0.333. The zero-order valence-corrected chi connectivity index (χ0v) is 17.7. The Morgan fingerprint density at radius 2 is 1.70 bits per heavy atom. The first-order valence-electron chi connectivity index (χ1n) is 10.1. The van der Waals surface area contributed by atoms with Crippen LogP contribution >= 0.6 is 0 Å². The number of halogens is 4. The van der Waals surface area contributed by atoms with Crippen molar-refractivity contribution in [1.29, 1.82) is 0 Å². The molecular weight excluding hydrogens is 444 g/mol. The minimum atomic E-state index is -4.76. The van der Waals surface area contributed by atoms with Crippen LogP contribution in [-0.4, -0.2) is 51.8 Å². The van der Waals surface area contributed by atoms with E-state index in [4.69, 9.17) is 4.74 Å². The molecule has 0 spiro atoms. The third kappa shape index (κ3) is 6.04. The Balaban J connectivity index is 1.52. The second kappa shape index (κ2) is 9.14. The number of nitrogens with one attached hydrogen (secondary N) is 1. The van der Waals surface area contributed by atoms with Crippen LogP contribution in [0.25, 0.3) is 11.1 Å². The third-order valence-electron chi connectivity index (χ3n) is 4.72. The molecular formula is C21H20F4N6O2. The van der Waals surface area contributed by atoms with Crippen molar-refractivity contribution in [3.63, 3.8) is 0 Å². The summed E-state index contributed by atoms with van der Waals surface area (Å²) in [5, 5.41) is 10.8.